The van der Waals surface area contributed by atoms with Crippen LogP contribution in [0.5, 0.6) is 0 Å². The molecule has 0 aliphatic carbocycles. The van der Waals surface area contributed by atoms with Gasteiger partial charge < -0.3 is 5.32 Å². The van der Waals surface area contributed by atoms with Gasteiger partial charge in [-0.2, -0.15) is 4.31 Å². The minimum Gasteiger partial charge on any atom is -0.348 e. The maximum atomic E-state index is 13.5. The van der Waals surface area contributed by atoms with E-state index < -0.39 is 15.9 Å². The highest BCUT2D eigenvalue weighted by Gasteiger charge is 2.32. The van der Waals surface area contributed by atoms with E-state index in [1.165, 1.54) is 40.3 Å². The number of carbonyl (C=O) groups is 1. The molecule has 2 unspecified atom stereocenters. The number of nitrogens with zero attached hydrogens (tertiary/aromatic N) is 1. The molecule has 3 aromatic carbocycles. The van der Waals surface area contributed by atoms with Crippen molar-refractivity contribution in [2.24, 2.45) is 11.8 Å². The van der Waals surface area contributed by atoms with Crippen molar-refractivity contribution < 1.29 is 17.6 Å². The van der Waals surface area contributed by atoms with Crippen molar-refractivity contribution in [3.8, 4) is 0 Å². The minimum atomic E-state index is -3.78. The Morgan fingerprint density at radius 3 is 2.39 bits per heavy atom. The molecular formula is C27H28ClFN2O3S2. The summed E-state index contributed by atoms with van der Waals surface area (Å²) in [5.74, 6) is -0.258. The van der Waals surface area contributed by atoms with Gasteiger partial charge in [-0.15, -0.1) is 0 Å². The topological polar surface area (TPSA) is 66.5 Å². The Hall–Kier alpha value is -2.39. The largest absolute Gasteiger partial charge is 0.348 e. The fraction of sp³-hybridized carbons (Fsp3) is 0.296. The van der Waals surface area contributed by atoms with Crippen molar-refractivity contribution >= 4 is 39.3 Å². The van der Waals surface area contributed by atoms with Crippen molar-refractivity contribution in [2.75, 3.05) is 13.1 Å². The van der Waals surface area contributed by atoms with E-state index >= 15 is 0 Å². The van der Waals surface area contributed by atoms with E-state index in [4.69, 9.17) is 11.6 Å². The lowest BCUT2D eigenvalue weighted by Crippen LogP contribution is -2.42. The Bertz CT molecular complexity index is 1340. The smallest absolute Gasteiger partial charge is 0.252 e. The molecule has 1 aliphatic rings. The molecule has 9 heteroatoms. The molecular weight excluding hydrogens is 519 g/mol. The fourth-order valence-electron chi connectivity index (χ4n) is 4.43. The van der Waals surface area contributed by atoms with Gasteiger partial charge in [0.1, 0.15) is 5.82 Å². The number of nitrogens with one attached hydrogen (secondary N) is 1. The number of piperidine rings is 1. The number of hydrogen-bond donors (Lipinski definition) is 1. The van der Waals surface area contributed by atoms with Crippen LogP contribution in [0.15, 0.2) is 81.4 Å². The lowest BCUT2D eigenvalue weighted by atomic mass is 9.94. The van der Waals surface area contributed by atoms with Crippen LogP contribution in [0, 0.1) is 17.7 Å². The van der Waals surface area contributed by atoms with Crippen molar-refractivity contribution in [1.82, 2.24) is 9.62 Å². The Kier molecular flexibility index (Phi) is 8.40. The molecule has 3 aromatic rings. The van der Waals surface area contributed by atoms with E-state index in [0.717, 1.165) is 16.9 Å². The van der Waals surface area contributed by atoms with E-state index in [2.05, 4.69) is 5.32 Å². The molecule has 0 spiro atoms. The summed E-state index contributed by atoms with van der Waals surface area (Å²) in [6.45, 7) is 5.19. The standard InChI is InChI=1S/C27H28ClFN2O3S2/c1-18-13-19(2)17-31(16-18)36(33,34)23-11-12-26(35-22-9-7-21(29)8-10-22)24(14-23)27(32)30-15-20-5-3-4-6-25(20)28/h3-12,14,18-19H,13,15-17H2,1-2H3,(H,30,32). The monoisotopic (exact) mass is 546 g/mol. The molecule has 1 aliphatic heterocycles. The van der Waals surface area contributed by atoms with Crippen LogP contribution in [0.25, 0.3) is 0 Å². The molecule has 190 valence electrons. The van der Waals surface area contributed by atoms with Crippen LogP contribution in [-0.2, 0) is 16.6 Å². The number of rotatable bonds is 7. The predicted molar refractivity (Wildman–Crippen MR) is 141 cm³/mol. The number of hydrogen-bond acceptors (Lipinski definition) is 4. The van der Waals surface area contributed by atoms with Crippen molar-refractivity contribution in [3.05, 3.63) is 88.7 Å². The van der Waals surface area contributed by atoms with Gasteiger partial charge >= 0.3 is 0 Å². The molecule has 5 nitrogen and oxygen atoms in total. The van der Waals surface area contributed by atoms with Crippen LogP contribution >= 0.6 is 23.4 Å². The summed E-state index contributed by atoms with van der Waals surface area (Å²) in [6, 6.07) is 17.7. The van der Waals surface area contributed by atoms with Crippen LogP contribution < -0.4 is 5.32 Å². The maximum Gasteiger partial charge on any atom is 0.252 e. The molecule has 1 fully saturated rings. The Balaban J connectivity index is 1.67. The van der Waals surface area contributed by atoms with E-state index in [-0.39, 0.29) is 34.7 Å². The molecule has 1 heterocycles. The van der Waals surface area contributed by atoms with Crippen LogP contribution in [0.1, 0.15) is 36.2 Å². The van der Waals surface area contributed by atoms with Crippen molar-refractivity contribution in [2.45, 2.75) is 41.5 Å². The number of benzene rings is 3. The molecule has 0 aromatic heterocycles. The van der Waals surface area contributed by atoms with Crippen LogP contribution in [0.4, 0.5) is 4.39 Å². The van der Waals surface area contributed by atoms with E-state index in [0.29, 0.717) is 23.0 Å². The van der Waals surface area contributed by atoms with Gasteiger partial charge in [-0.05, 0) is 72.4 Å². The highest BCUT2D eigenvalue weighted by atomic mass is 35.5. The van der Waals surface area contributed by atoms with Gasteiger partial charge in [-0.25, -0.2) is 12.8 Å². The Morgan fingerprint density at radius 1 is 1.06 bits per heavy atom. The fourth-order valence-corrected chi connectivity index (χ4v) is 7.26. The summed E-state index contributed by atoms with van der Waals surface area (Å²) in [5.41, 5.74) is 0.982. The molecule has 4 rings (SSSR count). The molecule has 1 N–H and O–H groups in total. The third-order valence-corrected chi connectivity index (χ3v) is 9.39. The van der Waals surface area contributed by atoms with E-state index in [1.807, 2.05) is 32.0 Å². The summed E-state index contributed by atoms with van der Waals surface area (Å²) in [4.78, 5) is 14.7. The molecule has 0 saturated carbocycles. The lowest BCUT2D eigenvalue weighted by molar-refractivity contribution is 0.0947. The summed E-state index contributed by atoms with van der Waals surface area (Å²) >= 11 is 7.50. The molecule has 0 bridgehead atoms. The average Bonchev–Trinajstić information content (AvgIpc) is 2.84. The summed E-state index contributed by atoms with van der Waals surface area (Å²) < 4.78 is 41.9. The maximum absolute atomic E-state index is 13.5. The van der Waals surface area contributed by atoms with Gasteiger partial charge in [-0.3, -0.25) is 4.79 Å². The van der Waals surface area contributed by atoms with Gasteiger partial charge in [0.2, 0.25) is 10.0 Å². The number of sulfonamides is 1. The zero-order valence-corrected chi connectivity index (χ0v) is 22.5. The minimum absolute atomic E-state index is 0.0788. The van der Waals surface area contributed by atoms with E-state index in [1.54, 1.807) is 24.3 Å². The molecule has 0 radical (unpaired) electrons. The second kappa shape index (κ2) is 11.3. The van der Waals surface area contributed by atoms with Crippen molar-refractivity contribution in [3.63, 3.8) is 0 Å². The highest BCUT2D eigenvalue weighted by molar-refractivity contribution is 7.99. The van der Waals surface area contributed by atoms with Gasteiger partial charge in [-0.1, -0.05) is 55.4 Å². The Labute approximate surface area is 221 Å². The number of carbonyl (C=O) groups excluding carboxylic acids is 1. The van der Waals surface area contributed by atoms with Crippen LogP contribution in [0.3, 0.4) is 0 Å². The molecule has 2 atom stereocenters. The van der Waals surface area contributed by atoms with Gasteiger partial charge in [0, 0.05) is 34.4 Å². The highest BCUT2D eigenvalue weighted by Crippen LogP contribution is 2.34. The quantitative estimate of drug-likeness (QED) is 0.381. The zero-order chi connectivity index (χ0) is 25.9. The second-order valence-corrected chi connectivity index (χ2v) is 12.7. The third-order valence-electron chi connectivity index (χ3n) is 6.11. The van der Waals surface area contributed by atoms with Gasteiger partial charge in [0.25, 0.3) is 5.91 Å². The predicted octanol–water partition coefficient (Wildman–Crippen LogP) is 6.23. The third kappa shape index (κ3) is 6.29. The molecule has 36 heavy (non-hydrogen) atoms. The van der Waals surface area contributed by atoms with Crippen LogP contribution in [-0.4, -0.2) is 31.7 Å². The first kappa shape index (κ1) is 26.7. The Morgan fingerprint density at radius 2 is 1.72 bits per heavy atom. The summed E-state index contributed by atoms with van der Waals surface area (Å²) in [6.07, 6.45) is 0.981. The second-order valence-electron chi connectivity index (χ2n) is 9.26. The van der Waals surface area contributed by atoms with Gasteiger partial charge in [0.15, 0.2) is 0 Å². The molecule has 1 saturated heterocycles. The first-order valence-electron chi connectivity index (χ1n) is 11.7. The molecule has 1 amide bonds. The van der Waals surface area contributed by atoms with Gasteiger partial charge in [0.05, 0.1) is 10.5 Å². The average molecular weight is 547 g/mol. The summed E-state index contributed by atoms with van der Waals surface area (Å²) in [7, 11) is -3.78. The van der Waals surface area contributed by atoms with Crippen molar-refractivity contribution in [1.29, 1.82) is 0 Å². The summed E-state index contributed by atoms with van der Waals surface area (Å²) in [5, 5.41) is 3.39. The first-order chi connectivity index (χ1) is 17.1. The van der Waals surface area contributed by atoms with Crippen LogP contribution in [0.2, 0.25) is 5.02 Å². The number of halogens is 2. The zero-order valence-electron chi connectivity index (χ0n) is 20.1. The normalized spacial score (nSPS) is 18.7. The SMILES string of the molecule is CC1CC(C)CN(S(=O)(=O)c2ccc(Sc3ccc(F)cc3)c(C(=O)NCc3ccccc3Cl)c2)C1. The number of amides is 1. The lowest BCUT2D eigenvalue weighted by Gasteiger charge is -2.34. The van der Waals surface area contributed by atoms with E-state index in [9.17, 15) is 17.6 Å². The first-order valence-corrected chi connectivity index (χ1v) is 14.4.